The molecular formula is C19H31N5O2. The molecule has 4 N–H and O–H groups in total. The molecule has 144 valence electrons. The molecule has 2 rings (SSSR count). The molecule has 0 radical (unpaired) electrons. The normalized spacial score (nSPS) is 17.5. The summed E-state index contributed by atoms with van der Waals surface area (Å²) < 4.78 is 0. The summed E-state index contributed by atoms with van der Waals surface area (Å²) in [6.45, 7) is 9.97. The Bertz CT molecular complexity index is 641. The molecule has 1 aromatic rings. The Hall–Kier alpha value is -2.28. The molecule has 1 aromatic carbocycles. The first kappa shape index (κ1) is 20.0. The largest absolute Gasteiger partial charge is 0.369 e. The first-order valence-corrected chi connectivity index (χ1v) is 9.22. The van der Waals surface area contributed by atoms with Gasteiger partial charge in [-0.1, -0.05) is 20.3 Å². The lowest BCUT2D eigenvalue weighted by Gasteiger charge is -2.34. The quantitative estimate of drug-likeness (QED) is 0.720. The number of hydrogen-bond donors (Lipinski definition) is 3. The molecule has 1 heterocycles. The Labute approximate surface area is 155 Å². The van der Waals surface area contributed by atoms with E-state index in [0.717, 1.165) is 43.9 Å². The van der Waals surface area contributed by atoms with Gasteiger partial charge in [0.2, 0.25) is 5.91 Å². The van der Waals surface area contributed by atoms with Crippen LogP contribution in [0.25, 0.3) is 0 Å². The maximum atomic E-state index is 12.6. The summed E-state index contributed by atoms with van der Waals surface area (Å²) in [6.07, 6.45) is 0.764. The highest BCUT2D eigenvalue weighted by molar-refractivity contribution is 5.97. The number of nitrogens with zero attached hydrogens (tertiary/aromatic N) is 2. The van der Waals surface area contributed by atoms with E-state index in [4.69, 9.17) is 5.73 Å². The van der Waals surface area contributed by atoms with E-state index in [0.29, 0.717) is 0 Å². The lowest BCUT2D eigenvalue weighted by Crippen LogP contribution is -2.49. The molecule has 1 aliphatic rings. The highest BCUT2D eigenvalue weighted by atomic mass is 16.2. The Morgan fingerprint density at radius 3 is 2.42 bits per heavy atom. The Balaban J connectivity index is 2.08. The van der Waals surface area contributed by atoms with Gasteiger partial charge in [-0.05, 0) is 43.7 Å². The van der Waals surface area contributed by atoms with E-state index in [-0.39, 0.29) is 11.8 Å². The van der Waals surface area contributed by atoms with Gasteiger partial charge in [0.25, 0.3) is 0 Å². The van der Waals surface area contributed by atoms with Gasteiger partial charge in [-0.15, -0.1) is 0 Å². The summed E-state index contributed by atoms with van der Waals surface area (Å²) in [4.78, 5) is 28.5. The number of anilines is 2. The van der Waals surface area contributed by atoms with Gasteiger partial charge < -0.3 is 26.2 Å². The number of nitrogens with one attached hydrogen (secondary N) is 2. The molecule has 7 heteroatoms. The minimum atomic E-state index is -0.687. The Morgan fingerprint density at radius 2 is 1.88 bits per heavy atom. The van der Waals surface area contributed by atoms with E-state index in [2.05, 4.69) is 33.5 Å². The first-order chi connectivity index (χ1) is 12.3. The summed E-state index contributed by atoms with van der Waals surface area (Å²) in [5, 5.41) is 5.48. The van der Waals surface area contributed by atoms with Gasteiger partial charge in [-0.2, -0.15) is 0 Å². The van der Waals surface area contributed by atoms with Crippen molar-refractivity contribution in [2.75, 3.05) is 43.4 Å². The van der Waals surface area contributed by atoms with Crippen LogP contribution < -0.4 is 21.3 Å². The summed E-state index contributed by atoms with van der Waals surface area (Å²) >= 11 is 0. The van der Waals surface area contributed by atoms with Crippen LogP contribution in [0.5, 0.6) is 0 Å². The lowest BCUT2D eigenvalue weighted by molar-refractivity contribution is -0.119. The van der Waals surface area contributed by atoms with Crippen LogP contribution in [0.2, 0.25) is 0 Å². The molecule has 3 amide bonds. The van der Waals surface area contributed by atoms with Crippen molar-refractivity contribution < 1.29 is 9.59 Å². The van der Waals surface area contributed by atoms with Gasteiger partial charge in [0.15, 0.2) is 0 Å². The molecule has 1 fully saturated rings. The van der Waals surface area contributed by atoms with Gasteiger partial charge in [-0.3, -0.25) is 4.79 Å². The first-order valence-electron chi connectivity index (χ1n) is 9.22. The molecule has 0 bridgehead atoms. The number of benzene rings is 1. The van der Waals surface area contributed by atoms with Gasteiger partial charge in [-0.25, -0.2) is 4.79 Å². The second-order valence-corrected chi connectivity index (χ2v) is 7.15. The topological polar surface area (TPSA) is 90.7 Å². The predicted molar refractivity (Wildman–Crippen MR) is 105 cm³/mol. The number of amides is 3. The van der Waals surface area contributed by atoms with Crippen LogP contribution in [0.15, 0.2) is 18.2 Å². The maximum Gasteiger partial charge on any atom is 0.312 e. The lowest BCUT2D eigenvalue weighted by atomic mass is 9.98. The summed E-state index contributed by atoms with van der Waals surface area (Å²) in [5.74, 6) is -0.249. The third kappa shape index (κ3) is 5.11. The van der Waals surface area contributed by atoms with E-state index in [1.807, 2.05) is 32.9 Å². The predicted octanol–water partition coefficient (Wildman–Crippen LogP) is 1.77. The number of primary amides is 1. The van der Waals surface area contributed by atoms with E-state index in [1.54, 1.807) is 0 Å². The Morgan fingerprint density at radius 1 is 1.23 bits per heavy atom. The molecule has 0 spiro atoms. The van der Waals surface area contributed by atoms with Crippen molar-refractivity contribution in [3.8, 4) is 0 Å². The smallest absolute Gasteiger partial charge is 0.312 e. The van der Waals surface area contributed by atoms with E-state index in [1.165, 1.54) is 5.69 Å². The van der Waals surface area contributed by atoms with E-state index < -0.39 is 12.1 Å². The SMILES string of the molecule is CCC(C)C(NC(N)=O)C(=O)Nc1ccc(N2CCN(C)CC2)cc1C. The molecule has 2 unspecified atom stereocenters. The number of nitrogens with two attached hydrogens (primary N) is 1. The van der Waals surface area contributed by atoms with E-state index in [9.17, 15) is 9.59 Å². The number of carbonyl (C=O) groups is 2. The van der Waals surface area contributed by atoms with Crippen LogP contribution in [0.3, 0.4) is 0 Å². The summed E-state index contributed by atoms with van der Waals surface area (Å²) in [7, 11) is 2.13. The minimum Gasteiger partial charge on any atom is -0.369 e. The van der Waals surface area contributed by atoms with Gasteiger partial charge in [0, 0.05) is 37.6 Å². The number of aryl methyl sites for hydroxylation is 1. The number of rotatable bonds is 6. The van der Waals surface area contributed by atoms with Crippen molar-refractivity contribution in [1.82, 2.24) is 10.2 Å². The average Bonchev–Trinajstić information content (AvgIpc) is 2.61. The fourth-order valence-corrected chi connectivity index (χ4v) is 3.12. The molecule has 7 nitrogen and oxygen atoms in total. The number of urea groups is 1. The second-order valence-electron chi connectivity index (χ2n) is 7.15. The number of likely N-dealkylation sites (N-methyl/N-ethyl adjacent to an activating group) is 1. The van der Waals surface area contributed by atoms with Crippen LogP contribution in [0, 0.1) is 12.8 Å². The molecule has 1 aliphatic heterocycles. The number of carbonyl (C=O) groups excluding carboxylic acids is 2. The van der Waals surface area contributed by atoms with Crippen molar-refractivity contribution in [1.29, 1.82) is 0 Å². The highest BCUT2D eigenvalue weighted by Gasteiger charge is 2.25. The fraction of sp³-hybridized carbons (Fsp3) is 0.579. The van der Waals surface area contributed by atoms with Crippen molar-refractivity contribution in [2.45, 2.75) is 33.2 Å². The number of hydrogen-bond acceptors (Lipinski definition) is 4. The van der Waals surface area contributed by atoms with Gasteiger partial charge in [0.1, 0.15) is 6.04 Å². The third-order valence-corrected chi connectivity index (χ3v) is 5.13. The monoisotopic (exact) mass is 361 g/mol. The number of piperazine rings is 1. The zero-order valence-electron chi connectivity index (χ0n) is 16.2. The molecule has 0 saturated carbocycles. The molecule has 1 saturated heterocycles. The third-order valence-electron chi connectivity index (χ3n) is 5.13. The molecule has 2 atom stereocenters. The average molecular weight is 361 g/mol. The van der Waals surface area contributed by atoms with Crippen molar-refractivity contribution in [3.63, 3.8) is 0 Å². The minimum absolute atomic E-state index is 0.00702. The van der Waals surface area contributed by atoms with Crippen LogP contribution in [-0.4, -0.2) is 56.1 Å². The molecule has 0 aliphatic carbocycles. The summed E-state index contributed by atoms with van der Waals surface area (Å²) in [6, 6.07) is 4.73. The van der Waals surface area contributed by atoms with E-state index >= 15 is 0 Å². The van der Waals surface area contributed by atoms with Crippen LogP contribution >= 0.6 is 0 Å². The van der Waals surface area contributed by atoms with Crippen molar-refractivity contribution in [3.05, 3.63) is 23.8 Å². The van der Waals surface area contributed by atoms with Crippen LogP contribution in [0.4, 0.5) is 16.2 Å². The zero-order valence-corrected chi connectivity index (χ0v) is 16.2. The molecular weight excluding hydrogens is 330 g/mol. The molecule has 0 aromatic heterocycles. The van der Waals surface area contributed by atoms with Gasteiger partial charge >= 0.3 is 6.03 Å². The molecule has 26 heavy (non-hydrogen) atoms. The maximum absolute atomic E-state index is 12.6. The van der Waals surface area contributed by atoms with Crippen LogP contribution in [-0.2, 0) is 4.79 Å². The van der Waals surface area contributed by atoms with Gasteiger partial charge in [0.05, 0.1) is 0 Å². The fourth-order valence-electron chi connectivity index (χ4n) is 3.12. The van der Waals surface area contributed by atoms with Crippen LogP contribution in [0.1, 0.15) is 25.8 Å². The van der Waals surface area contributed by atoms with Crippen molar-refractivity contribution >= 4 is 23.3 Å². The van der Waals surface area contributed by atoms with Crippen molar-refractivity contribution in [2.24, 2.45) is 11.7 Å². The standard InChI is InChI=1S/C19H31N5O2/c1-5-13(2)17(22-19(20)26)18(25)21-16-7-6-15(12-14(16)3)24-10-8-23(4)9-11-24/h6-7,12-13,17H,5,8-11H2,1-4H3,(H,21,25)(H3,20,22,26). The highest BCUT2D eigenvalue weighted by Crippen LogP contribution is 2.24. The second kappa shape index (κ2) is 8.89. The summed E-state index contributed by atoms with van der Waals surface area (Å²) in [5.41, 5.74) is 8.14. The zero-order chi connectivity index (χ0) is 19.3. The Kier molecular flexibility index (Phi) is 6.85.